The van der Waals surface area contributed by atoms with Gasteiger partial charge in [0, 0.05) is 30.1 Å². The number of aliphatic carboxylic acids is 1. The summed E-state index contributed by atoms with van der Waals surface area (Å²) < 4.78 is 74.5. The number of halogens is 3. The van der Waals surface area contributed by atoms with Gasteiger partial charge in [0.1, 0.15) is 18.4 Å². The van der Waals surface area contributed by atoms with Crippen LogP contribution in [0.15, 0.2) is 77.8 Å². The smallest absolute Gasteiger partial charge is 0.416 e. The summed E-state index contributed by atoms with van der Waals surface area (Å²) in [4.78, 5) is 12.0. The summed E-state index contributed by atoms with van der Waals surface area (Å²) in [5, 5.41) is 10.6. The van der Waals surface area contributed by atoms with Crippen LogP contribution in [0.2, 0.25) is 0 Å². The second kappa shape index (κ2) is 12.1. The number of carboxylic acids is 1. The largest absolute Gasteiger partial charge is 0.481 e. The Labute approximate surface area is 235 Å². The van der Waals surface area contributed by atoms with Crippen LogP contribution in [-0.4, -0.2) is 36.7 Å². The molecule has 0 radical (unpaired) electrons. The van der Waals surface area contributed by atoms with Crippen molar-refractivity contribution in [2.24, 2.45) is 0 Å². The second-order valence-corrected chi connectivity index (χ2v) is 11.1. The van der Waals surface area contributed by atoms with Crippen LogP contribution in [0.25, 0.3) is 10.9 Å². The van der Waals surface area contributed by atoms with E-state index in [-0.39, 0.29) is 24.5 Å². The highest BCUT2D eigenvalue weighted by Gasteiger charge is 2.30. The number of aryl methyl sites for hydroxylation is 1. The molecule has 0 amide bonds. The van der Waals surface area contributed by atoms with E-state index < -0.39 is 33.8 Å². The lowest BCUT2D eigenvalue weighted by Gasteiger charge is -2.15. The summed E-state index contributed by atoms with van der Waals surface area (Å²) in [6, 6.07) is 14.4. The van der Waals surface area contributed by atoms with Crippen molar-refractivity contribution in [3.8, 4) is 17.6 Å². The normalized spacial score (nSPS) is 12.5. The average molecular weight is 585 g/mol. The van der Waals surface area contributed by atoms with Crippen LogP contribution < -0.4 is 9.46 Å². The minimum atomic E-state index is -4.44. The first-order valence-electron chi connectivity index (χ1n) is 12.5. The Morgan fingerprint density at radius 3 is 2.37 bits per heavy atom. The number of rotatable bonds is 10. The third-order valence-electron chi connectivity index (χ3n) is 6.39. The monoisotopic (exact) mass is 584 g/mol. The molecule has 0 saturated heterocycles. The molecule has 1 aromatic heterocycles. The molecule has 1 unspecified atom stereocenters. The number of sulfonamides is 1. The number of aromatic nitrogens is 1. The van der Waals surface area contributed by atoms with E-state index in [9.17, 15) is 31.5 Å². The highest BCUT2D eigenvalue weighted by atomic mass is 32.2. The van der Waals surface area contributed by atoms with Crippen LogP contribution in [0.4, 0.5) is 13.2 Å². The quantitative estimate of drug-likeness (QED) is 0.244. The fourth-order valence-electron chi connectivity index (χ4n) is 4.34. The van der Waals surface area contributed by atoms with E-state index in [0.29, 0.717) is 16.9 Å². The van der Waals surface area contributed by atoms with E-state index >= 15 is 0 Å². The fraction of sp³-hybridized carbons (Fsp3) is 0.233. The molecule has 11 heteroatoms. The molecule has 0 aliphatic heterocycles. The molecule has 4 rings (SSSR count). The van der Waals surface area contributed by atoms with Crippen LogP contribution in [0, 0.1) is 18.8 Å². The van der Waals surface area contributed by atoms with Crippen molar-refractivity contribution >= 4 is 26.9 Å². The molecular formula is C30H27F3N2O5S. The van der Waals surface area contributed by atoms with Gasteiger partial charge in [-0.3, -0.25) is 4.79 Å². The van der Waals surface area contributed by atoms with Crippen molar-refractivity contribution in [2.75, 3.05) is 6.61 Å². The third kappa shape index (κ3) is 7.28. The average Bonchev–Trinajstić information content (AvgIpc) is 3.24. The van der Waals surface area contributed by atoms with E-state index in [2.05, 4.69) is 16.6 Å². The zero-order valence-electron chi connectivity index (χ0n) is 22.2. The molecule has 2 N–H and O–H groups in total. The number of fused-ring (bicyclic) bond motifs is 1. The molecule has 0 aliphatic rings. The lowest BCUT2D eigenvalue weighted by molar-refractivity contribution is -0.139. The van der Waals surface area contributed by atoms with Gasteiger partial charge in [-0.1, -0.05) is 29.7 Å². The predicted octanol–water partition coefficient (Wildman–Crippen LogP) is 5.39. The SMILES string of the molecule is CC#CCOc1ccc(S(=O)(=O)NC(Cc2cn(Cc3ccc(C(F)(F)F)cc3)c3ccc(C)cc23)C(=O)O)cc1. The number of carbonyl (C=O) groups is 1. The van der Waals surface area contributed by atoms with Crippen molar-refractivity contribution in [1.29, 1.82) is 0 Å². The van der Waals surface area contributed by atoms with E-state index in [1.807, 2.05) is 29.7 Å². The molecular weight excluding hydrogens is 557 g/mol. The lowest BCUT2D eigenvalue weighted by atomic mass is 10.0. The summed E-state index contributed by atoms with van der Waals surface area (Å²) in [6.07, 6.45) is -2.90. The molecule has 0 fully saturated rings. The Hall–Kier alpha value is -4.27. The fourth-order valence-corrected chi connectivity index (χ4v) is 5.52. The van der Waals surface area contributed by atoms with Gasteiger partial charge in [0.15, 0.2) is 0 Å². The van der Waals surface area contributed by atoms with Crippen molar-refractivity contribution in [2.45, 2.75) is 43.9 Å². The number of carboxylic acid groups (broad SMARTS) is 1. The highest BCUT2D eigenvalue weighted by Crippen LogP contribution is 2.30. The molecule has 7 nitrogen and oxygen atoms in total. The Kier molecular flexibility index (Phi) is 8.75. The van der Waals surface area contributed by atoms with Gasteiger partial charge in [0.25, 0.3) is 0 Å². The molecule has 0 bridgehead atoms. The molecule has 0 spiro atoms. The molecule has 1 heterocycles. The molecule has 0 aliphatic carbocycles. The Morgan fingerprint density at radius 2 is 1.76 bits per heavy atom. The Bertz CT molecular complexity index is 1720. The summed E-state index contributed by atoms with van der Waals surface area (Å²) in [5.74, 6) is 4.47. The second-order valence-electron chi connectivity index (χ2n) is 9.40. The zero-order valence-corrected chi connectivity index (χ0v) is 23.0. The first kappa shape index (κ1) is 29.7. The maximum absolute atomic E-state index is 13.0. The molecule has 3 aromatic carbocycles. The zero-order chi connectivity index (χ0) is 29.8. The first-order valence-corrected chi connectivity index (χ1v) is 14.0. The van der Waals surface area contributed by atoms with Crippen LogP contribution in [0.3, 0.4) is 0 Å². The molecule has 214 valence electrons. The van der Waals surface area contributed by atoms with Gasteiger partial charge in [-0.2, -0.15) is 17.9 Å². The van der Waals surface area contributed by atoms with Crippen molar-refractivity contribution in [3.05, 3.63) is 95.2 Å². The van der Waals surface area contributed by atoms with Crippen LogP contribution >= 0.6 is 0 Å². The maximum atomic E-state index is 13.0. The first-order chi connectivity index (χ1) is 19.4. The lowest BCUT2D eigenvalue weighted by Crippen LogP contribution is -2.42. The van der Waals surface area contributed by atoms with Crippen LogP contribution in [-0.2, 0) is 34.0 Å². The number of nitrogens with zero attached hydrogens (tertiary/aromatic N) is 1. The standard InChI is InChI=1S/C30H27F3N2O5S/c1-3-4-15-40-24-10-12-25(13-11-24)41(38,39)34-27(29(36)37)17-22-19-35(28-14-5-20(2)16-26(22)28)18-21-6-8-23(9-7-21)30(31,32)33/h5-14,16,19,27,34H,15,17-18H2,1-2H3,(H,36,37). The Balaban J connectivity index is 1.59. The van der Waals surface area contributed by atoms with Gasteiger partial charge < -0.3 is 14.4 Å². The van der Waals surface area contributed by atoms with E-state index in [1.165, 1.54) is 36.4 Å². The van der Waals surface area contributed by atoms with Gasteiger partial charge in [-0.05, 0) is 73.5 Å². The number of hydrogen-bond donors (Lipinski definition) is 2. The number of alkyl halides is 3. The number of hydrogen-bond acceptors (Lipinski definition) is 4. The summed E-state index contributed by atoms with van der Waals surface area (Å²) in [7, 11) is -4.20. The number of benzene rings is 3. The van der Waals surface area contributed by atoms with Crippen molar-refractivity contribution < 1.29 is 36.2 Å². The Morgan fingerprint density at radius 1 is 1.07 bits per heavy atom. The number of nitrogens with one attached hydrogen (secondary N) is 1. The van der Waals surface area contributed by atoms with Gasteiger partial charge in [-0.25, -0.2) is 8.42 Å². The van der Waals surface area contributed by atoms with Crippen molar-refractivity contribution in [1.82, 2.24) is 9.29 Å². The van der Waals surface area contributed by atoms with Crippen LogP contribution in [0.1, 0.15) is 29.2 Å². The van der Waals surface area contributed by atoms with Gasteiger partial charge in [0.05, 0.1) is 10.5 Å². The van der Waals surface area contributed by atoms with Gasteiger partial charge in [-0.15, -0.1) is 5.92 Å². The summed E-state index contributed by atoms with van der Waals surface area (Å²) in [6.45, 7) is 3.92. The minimum Gasteiger partial charge on any atom is -0.481 e. The van der Waals surface area contributed by atoms with Gasteiger partial charge >= 0.3 is 12.1 Å². The van der Waals surface area contributed by atoms with E-state index in [0.717, 1.165) is 28.6 Å². The summed E-state index contributed by atoms with van der Waals surface area (Å²) >= 11 is 0. The molecule has 1 atom stereocenters. The van der Waals surface area contributed by atoms with Gasteiger partial charge in [0.2, 0.25) is 10.0 Å². The molecule has 41 heavy (non-hydrogen) atoms. The molecule has 0 saturated carbocycles. The number of ether oxygens (including phenoxy) is 1. The van der Waals surface area contributed by atoms with E-state index in [4.69, 9.17) is 4.74 Å². The topological polar surface area (TPSA) is 97.6 Å². The minimum absolute atomic E-state index is 0.127. The third-order valence-corrected chi connectivity index (χ3v) is 7.88. The van der Waals surface area contributed by atoms with Crippen molar-refractivity contribution in [3.63, 3.8) is 0 Å². The summed E-state index contributed by atoms with van der Waals surface area (Å²) in [5.41, 5.74) is 2.09. The van der Waals surface area contributed by atoms with E-state index in [1.54, 1.807) is 13.1 Å². The van der Waals surface area contributed by atoms with Crippen LogP contribution in [0.5, 0.6) is 5.75 Å². The predicted molar refractivity (Wildman–Crippen MR) is 148 cm³/mol. The molecule has 4 aromatic rings. The maximum Gasteiger partial charge on any atom is 0.416 e. The highest BCUT2D eigenvalue weighted by molar-refractivity contribution is 7.89.